The van der Waals surface area contributed by atoms with Gasteiger partial charge in [-0.15, -0.1) is 0 Å². The lowest BCUT2D eigenvalue weighted by Gasteiger charge is -2.18. The van der Waals surface area contributed by atoms with Crippen molar-refractivity contribution in [3.05, 3.63) is 71.0 Å². The molecule has 0 aliphatic heterocycles. The zero-order valence-electron chi connectivity index (χ0n) is 14.7. The van der Waals surface area contributed by atoms with Crippen LogP contribution in [0.3, 0.4) is 0 Å². The van der Waals surface area contributed by atoms with Crippen LogP contribution >= 0.6 is 0 Å². The maximum absolute atomic E-state index is 14.0. The number of hydrogen-bond donors (Lipinski definition) is 3. The third-order valence-corrected chi connectivity index (χ3v) is 3.94. The Bertz CT molecular complexity index is 771. The van der Waals surface area contributed by atoms with Crippen molar-refractivity contribution in [1.82, 2.24) is 10.6 Å². The highest BCUT2D eigenvalue weighted by atomic mass is 19.1. The van der Waals surface area contributed by atoms with Gasteiger partial charge in [0.2, 0.25) is 0 Å². The first-order chi connectivity index (χ1) is 12.7. The van der Waals surface area contributed by atoms with Crippen molar-refractivity contribution < 1.29 is 9.50 Å². The first kappa shape index (κ1) is 19.4. The number of nitrogens with one attached hydrogen (secondary N) is 2. The standard InChI is InChI=1S/C20H23FN4O/c1-2-23-20(24-12-17-9-8-15(11-22)10-19(17)21)25-13-18(14-26)16-6-4-3-5-7-16/h3-10,18,26H,2,12-14H2,1H3,(H2,23,24,25). The van der Waals surface area contributed by atoms with Gasteiger partial charge in [0.1, 0.15) is 5.82 Å². The second-order valence-corrected chi connectivity index (χ2v) is 5.78. The van der Waals surface area contributed by atoms with Gasteiger partial charge in [-0.2, -0.15) is 5.26 Å². The molecule has 5 nitrogen and oxygen atoms in total. The average Bonchev–Trinajstić information content (AvgIpc) is 2.68. The van der Waals surface area contributed by atoms with Gasteiger partial charge in [-0.1, -0.05) is 36.4 Å². The average molecular weight is 354 g/mol. The summed E-state index contributed by atoms with van der Waals surface area (Å²) in [7, 11) is 0. The summed E-state index contributed by atoms with van der Waals surface area (Å²) in [5.74, 6) is 0.0403. The minimum atomic E-state index is -0.443. The molecule has 0 aromatic heterocycles. The van der Waals surface area contributed by atoms with Crippen LogP contribution < -0.4 is 10.6 Å². The van der Waals surface area contributed by atoms with Crippen LogP contribution in [0.25, 0.3) is 0 Å². The third-order valence-electron chi connectivity index (χ3n) is 3.94. The maximum Gasteiger partial charge on any atom is 0.191 e. The Labute approximate surface area is 153 Å². The van der Waals surface area contributed by atoms with E-state index in [4.69, 9.17) is 5.26 Å². The van der Waals surface area contributed by atoms with E-state index in [1.54, 1.807) is 12.1 Å². The molecule has 3 N–H and O–H groups in total. The highest BCUT2D eigenvalue weighted by molar-refractivity contribution is 5.79. The molecule has 2 aromatic carbocycles. The number of aliphatic hydroxyl groups is 1. The van der Waals surface area contributed by atoms with Crippen LogP contribution in [0.5, 0.6) is 0 Å². The quantitative estimate of drug-likeness (QED) is 0.527. The van der Waals surface area contributed by atoms with Crippen molar-refractivity contribution in [2.24, 2.45) is 4.99 Å². The first-order valence-corrected chi connectivity index (χ1v) is 8.54. The van der Waals surface area contributed by atoms with Crippen molar-refractivity contribution in [3.8, 4) is 6.07 Å². The molecule has 0 bridgehead atoms. The molecule has 2 aromatic rings. The summed E-state index contributed by atoms with van der Waals surface area (Å²) in [5, 5.41) is 24.7. The summed E-state index contributed by atoms with van der Waals surface area (Å²) >= 11 is 0. The number of aliphatic hydroxyl groups excluding tert-OH is 1. The number of rotatable bonds is 7. The van der Waals surface area contributed by atoms with Gasteiger partial charge in [0.05, 0.1) is 24.8 Å². The molecule has 0 fully saturated rings. The molecule has 6 heteroatoms. The third kappa shape index (κ3) is 5.57. The Hall–Kier alpha value is -2.91. The van der Waals surface area contributed by atoms with Gasteiger partial charge in [0.25, 0.3) is 0 Å². The molecule has 0 aliphatic rings. The minimum absolute atomic E-state index is 0.0146. The fourth-order valence-corrected chi connectivity index (χ4v) is 2.48. The van der Waals surface area contributed by atoms with Crippen LogP contribution in [0.2, 0.25) is 0 Å². The molecule has 2 rings (SSSR count). The summed E-state index contributed by atoms with van der Waals surface area (Å²) in [6.07, 6.45) is 0. The normalized spacial score (nSPS) is 12.3. The molecule has 0 spiro atoms. The second kappa shape index (κ2) is 10.2. The van der Waals surface area contributed by atoms with E-state index in [9.17, 15) is 9.50 Å². The molecule has 136 valence electrons. The minimum Gasteiger partial charge on any atom is -0.396 e. The fraction of sp³-hybridized carbons (Fsp3) is 0.300. The van der Waals surface area contributed by atoms with E-state index in [2.05, 4.69) is 15.6 Å². The lowest BCUT2D eigenvalue weighted by Crippen LogP contribution is -2.40. The zero-order valence-corrected chi connectivity index (χ0v) is 14.7. The molecule has 1 atom stereocenters. The number of aliphatic imine (C=N–C) groups is 1. The van der Waals surface area contributed by atoms with Crippen LogP contribution in [0.4, 0.5) is 4.39 Å². The van der Waals surface area contributed by atoms with E-state index in [1.165, 1.54) is 6.07 Å². The second-order valence-electron chi connectivity index (χ2n) is 5.78. The summed E-state index contributed by atoms with van der Waals surface area (Å²) in [4.78, 5) is 4.39. The van der Waals surface area contributed by atoms with Crippen LogP contribution in [-0.4, -0.2) is 30.8 Å². The van der Waals surface area contributed by atoms with E-state index in [0.717, 1.165) is 5.56 Å². The van der Waals surface area contributed by atoms with Crippen LogP contribution in [0.15, 0.2) is 53.5 Å². The number of halogens is 1. The zero-order chi connectivity index (χ0) is 18.8. The smallest absolute Gasteiger partial charge is 0.191 e. The van der Waals surface area contributed by atoms with E-state index < -0.39 is 5.82 Å². The molecule has 26 heavy (non-hydrogen) atoms. The molecular weight excluding hydrogens is 331 g/mol. The largest absolute Gasteiger partial charge is 0.396 e. The van der Waals surface area contributed by atoms with Gasteiger partial charge in [-0.05, 0) is 24.6 Å². The monoisotopic (exact) mass is 354 g/mol. The Morgan fingerprint density at radius 2 is 2.00 bits per heavy atom. The van der Waals surface area contributed by atoms with Crippen molar-refractivity contribution in [3.63, 3.8) is 0 Å². The molecule has 0 saturated heterocycles. The summed E-state index contributed by atoms with van der Waals surface area (Å²) < 4.78 is 14.0. The SMILES string of the molecule is CCNC(=NCc1ccc(C#N)cc1F)NCC(CO)c1ccccc1. The van der Waals surface area contributed by atoms with Crippen LogP contribution in [-0.2, 0) is 6.54 Å². The number of benzene rings is 2. The summed E-state index contributed by atoms with van der Waals surface area (Å²) in [6, 6.07) is 16.0. The molecule has 0 heterocycles. The van der Waals surface area contributed by atoms with E-state index >= 15 is 0 Å². The predicted molar refractivity (Wildman–Crippen MR) is 100 cm³/mol. The van der Waals surface area contributed by atoms with Crippen LogP contribution in [0, 0.1) is 17.1 Å². The number of hydrogen-bond acceptors (Lipinski definition) is 3. The number of nitrogens with zero attached hydrogens (tertiary/aromatic N) is 2. The van der Waals surface area contributed by atoms with Gasteiger partial charge in [-0.3, -0.25) is 0 Å². The van der Waals surface area contributed by atoms with E-state index in [0.29, 0.717) is 24.6 Å². The Kier molecular flexibility index (Phi) is 7.59. The first-order valence-electron chi connectivity index (χ1n) is 8.54. The van der Waals surface area contributed by atoms with E-state index in [-0.39, 0.29) is 24.6 Å². The molecule has 0 aliphatic carbocycles. The van der Waals surface area contributed by atoms with Crippen LogP contribution in [0.1, 0.15) is 29.5 Å². The van der Waals surface area contributed by atoms with Crippen molar-refractivity contribution >= 4 is 5.96 Å². The van der Waals surface area contributed by atoms with Gasteiger partial charge in [0, 0.05) is 24.6 Å². The Balaban J connectivity index is 2.03. The molecule has 0 radical (unpaired) electrons. The van der Waals surface area contributed by atoms with Gasteiger partial charge >= 0.3 is 0 Å². The highest BCUT2D eigenvalue weighted by Gasteiger charge is 2.11. The van der Waals surface area contributed by atoms with Crippen molar-refractivity contribution in [2.75, 3.05) is 19.7 Å². The number of nitriles is 1. The number of guanidine groups is 1. The topological polar surface area (TPSA) is 80.4 Å². The van der Waals surface area contributed by atoms with Crippen molar-refractivity contribution in [1.29, 1.82) is 5.26 Å². The highest BCUT2D eigenvalue weighted by Crippen LogP contribution is 2.14. The fourth-order valence-electron chi connectivity index (χ4n) is 2.48. The summed E-state index contributed by atoms with van der Waals surface area (Å²) in [5.41, 5.74) is 1.74. The van der Waals surface area contributed by atoms with Gasteiger partial charge in [-0.25, -0.2) is 9.38 Å². The van der Waals surface area contributed by atoms with E-state index in [1.807, 2.05) is 43.3 Å². The van der Waals surface area contributed by atoms with Gasteiger partial charge in [0.15, 0.2) is 5.96 Å². The Morgan fingerprint density at radius 1 is 1.23 bits per heavy atom. The maximum atomic E-state index is 14.0. The predicted octanol–water partition coefficient (Wildman–Crippen LogP) is 2.53. The molecule has 0 amide bonds. The summed E-state index contributed by atoms with van der Waals surface area (Å²) in [6.45, 7) is 3.28. The molecule has 1 unspecified atom stereocenters. The lowest BCUT2D eigenvalue weighted by molar-refractivity contribution is 0.265. The molecule has 0 saturated carbocycles. The van der Waals surface area contributed by atoms with Crippen molar-refractivity contribution in [2.45, 2.75) is 19.4 Å². The molecular formula is C20H23FN4O. The van der Waals surface area contributed by atoms with Gasteiger partial charge < -0.3 is 15.7 Å². The Morgan fingerprint density at radius 3 is 2.62 bits per heavy atom. The lowest BCUT2D eigenvalue weighted by atomic mass is 10.0.